The van der Waals surface area contributed by atoms with Gasteiger partial charge in [-0.1, -0.05) is 65.1 Å². The minimum Gasteiger partial charge on any atom is -0.505 e. The van der Waals surface area contributed by atoms with Crippen molar-refractivity contribution < 1.29 is 5.11 Å². The molecule has 0 aliphatic rings. The van der Waals surface area contributed by atoms with Gasteiger partial charge >= 0.3 is 0 Å². The smallest absolute Gasteiger partial charge is 0.269 e. The minimum absolute atomic E-state index is 0.0839. The van der Waals surface area contributed by atoms with Crippen molar-refractivity contribution in [2.75, 3.05) is 0 Å². The number of aromatic nitrogens is 2. The topological polar surface area (TPSA) is 46.6 Å². The summed E-state index contributed by atoms with van der Waals surface area (Å²) in [6.07, 6.45) is 0. The van der Waals surface area contributed by atoms with Gasteiger partial charge in [-0.05, 0) is 5.56 Å². The molecule has 0 aliphatic heterocycles. The van der Waals surface area contributed by atoms with Gasteiger partial charge < -0.3 is 5.11 Å². The van der Waals surface area contributed by atoms with E-state index in [1.807, 2.05) is 30.3 Å². The molecular weight excluding hydrogens is 335 g/mol. The van der Waals surface area contributed by atoms with Gasteiger partial charge in [0.2, 0.25) is 0 Å². The number of hydrogen-bond donors (Lipinski definition) is 1. The fourth-order valence-corrected chi connectivity index (χ4v) is 2.94. The lowest BCUT2D eigenvalue weighted by Gasteiger charge is -2.11. The molecule has 1 aromatic carbocycles. The van der Waals surface area contributed by atoms with Crippen molar-refractivity contribution in [2.24, 2.45) is 0 Å². The van der Waals surface area contributed by atoms with Crippen LogP contribution in [0.1, 0.15) is 5.56 Å². The second-order valence-electron chi connectivity index (χ2n) is 4.49. The highest BCUT2D eigenvalue weighted by Crippen LogP contribution is 2.39. The first kappa shape index (κ1) is 14.3. The number of fused-ring (bicyclic) bond motifs is 1. The Morgan fingerprint density at radius 3 is 2.38 bits per heavy atom. The quantitative estimate of drug-likeness (QED) is 0.769. The SMILES string of the molecule is O=c1cc(O)c2c(Cl)c(Cl)c(Cl)n2n1Cc1ccccc1. The molecule has 4 nitrogen and oxygen atoms in total. The molecule has 0 amide bonds. The van der Waals surface area contributed by atoms with Crippen LogP contribution in [-0.4, -0.2) is 14.3 Å². The molecule has 108 valence electrons. The van der Waals surface area contributed by atoms with Crippen LogP contribution in [0.15, 0.2) is 41.2 Å². The Kier molecular flexibility index (Phi) is 3.61. The molecule has 7 heteroatoms. The molecule has 1 N–H and O–H groups in total. The summed E-state index contributed by atoms with van der Waals surface area (Å²) < 4.78 is 2.70. The van der Waals surface area contributed by atoms with E-state index in [1.165, 1.54) is 9.20 Å². The monoisotopic (exact) mass is 342 g/mol. The number of halogens is 3. The molecule has 0 unspecified atom stereocenters. The summed E-state index contributed by atoms with van der Waals surface area (Å²) in [5, 5.41) is 10.2. The molecule has 0 saturated carbocycles. The zero-order chi connectivity index (χ0) is 15.1. The maximum Gasteiger partial charge on any atom is 0.269 e. The first-order valence-corrected chi connectivity index (χ1v) is 7.16. The van der Waals surface area contributed by atoms with Gasteiger partial charge in [0.25, 0.3) is 5.56 Å². The summed E-state index contributed by atoms with van der Waals surface area (Å²) in [4.78, 5) is 12.2. The second kappa shape index (κ2) is 5.30. The number of nitrogens with zero attached hydrogens (tertiary/aromatic N) is 2. The summed E-state index contributed by atoms with van der Waals surface area (Å²) in [7, 11) is 0. The lowest BCUT2D eigenvalue weighted by atomic mass is 10.2. The van der Waals surface area contributed by atoms with E-state index in [0.29, 0.717) is 0 Å². The first-order valence-electron chi connectivity index (χ1n) is 6.02. The van der Waals surface area contributed by atoms with Crippen LogP contribution in [0.3, 0.4) is 0 Å². The van der Waals surface area contributed by atoms with Gasteiger partial charge in [0.1, 0.15) is 16.4 Å². The van der Waals surface area contributed by atoms with Gasteiger partial charge in [-0.25, -0.2) is 9.20 Å². The number of benzene rings is 1. The highest BCUT2D eigenvalue weighted by molar-refractivity contribution is 6.50. The van der Waals surface area contributed by atoms with E-state index < -0.39 is 5.56 Å². The Labute approximate surface area is 134 Å². The van der Waals surface area contributed by atoms with Gasteiger partial charge in [-0.2, -0.15) is 0 Å². The van der Waals surface area contributed by atoms with Crippen molar-refractivity contribution in [1.29, 1.82) is 0 Å². The van der Waals surface area contributed by atoms with Crippen molar-refractivity contribution in [3.8, 4) is 5.75 Å². The third kappa shape index (κ3) is 2.29. The van der Waals surface area contributed by atoms with Crippen molar-refractivity contribution in [3.63, 3.8) is 0 Å². The normalized spacial score (nSPS) is 11.2. The third-order valence-electron chi connectivity index (χ3n) is 3.15. The average molecular weight is 344 g/mol. The average Bonchev–Trinajstić information content (AvgIpc) is 2.69. The van der Waals surface area contributed by atoms with Crippen LogP contribution in [-0.2, 0) is 6.54 Å². The standard InChI is InChI=1S/C14H9Cl3N2O2/c15-11-12(16)14(17)19-13(11)9(20)6-10(21)18(19)7-8-4-2-1-3-5-8/h1-6,20H,7H2. The molecule has 0 bridgehead atoms. The van der Waals surface area contributed by atoms with E-state index in [0.717, 1.165) is 11.6 Å². The zero-order valence-corrected chi connectivity index (χ0v) is 12.8. The molecule has 0 atom stereocenters. The fraction of sp³-hybridized carbons (Fsp3) is 0.0714. The van der Waals surface area contributed by atoms with Gasteiger partial charge in [0, 0.05) is 6.07 Å². The largest absolute Gasteiger partial charge is 0.505 e. The summed E-state index contributed by atoms with van der Waals surface area (Å²) in [5.74, 6) is -0.261. The first-order chi connectivity index (χ1) is 10.0. The molecule has 3 aromatic rings. The van der Waals surface area contributed by atoms with Crippen LogP contribution >= 0.6 is 34.8 Å². The number of aromatic hydroxyl groups is 1. The molecule has 0 spiro atoms. The van der Waals surface area contributed by atoms with Crippen molar-refractivity contribution in [3.05, 3.63) is 67.5 Å². The molecule has 0 aliphatic carbocycles. The predicted octanol–water partition coefficient (Wildman–Crippen LogP) is 3.82. The molecule has 0 fully saturated rings. The van der Waals surface area contributed by atoms with Gasteiger partial charge in [-0.3, -0.25) is 4.79 Å². The maximum absolute atomic E-state index is 12.2. The Hall–Kier alpha value is -1.62. The third-order valence-corrected chi connectivity index (χ3v) is 4.43. The molecule has 2 aromatic heterocycles. The molecule has 3 rings (SSSR count). The Morgan fingerprint density at radius 1 is 1.05 bits per heavy atom. The van der Waals surface area contributed by atoms with E-state index in [2.05, 4.69) is 0 Å². The maximum atomic E-state index is 12.2. The molecule has 2 heterocycles. The highest BCUT2D eigenvalue weighted by atomic mass is 35.5. The van der Waals surface area contributed by atoms with Crippen LogP contribution in [0.4, 0.5) is 0 Å². The number of rotatable bonds is 2. The van der Waals surface area contributed by atoms with Gasteiger partial charge in [-0.15, -0.1) is 0 Å². The van der Waals surface area contributed by atoms with Crippen LogP contribution in [0.25, 0.3) is 5.52 Å². The molecule has 0 saturated heterocycles. The summed E-state index contributed by atoms with van der Waals surface area (Å²) in [5.41, 5.74) is 0.708. The highest BCUT2D eigenvalue weighted by Gasteiger charge is 2.20. The van der Waals surface area contributed by atoms with E-state index in [4.69, 9.17) is 34.8 Å². The Balaban J connectivity index is 2.32. The van der Waals surface area contributed by atoms with Crippen molar-refractivity contribution >= 4 is 40.3 Å². The van der Waals surface area contributed by atoms with Crippen LogP contribution < -0.4 is 5.56 Å². The van der Waals surface area contributed by atoms with Crippen LogP contribution in [0.5, 0.6) is 5.75 Å². The fourth-order valence-electron chi connectivity index (χ4n) is 2.19. The van der Waals surface area contributed by atoms with Crippen molar-refractivity contribution in [2.45, 2.75) is 6.54 Å². The van der Waals surface area contributed by atoms with Gasteiger partial charge in [0.15, 0.2) is 0 Å². The second-order valence-corrected chi connectivity index (χ2v) is 5.60. The van der Waals surface area contributed by atoms with Crippen LogP contribution in [0, 0.1) is 0 Å². The van der Waals surface area contributed by atoms with E-state index in [-0.39, 0.29) is 33.0 Å². The van der Waals surface area contributed by atoms with E-state index >= 15 is 0 Å². The van der Waals surface area contributed by atoms with E-state index in [1.54, 1.807) is 0 Å². The van der Waals surface area contributed by atoms with E-state index in [9.17, 15) is 9.90 Å². The Morgan fingerprint density at radius 2 is 1.71 bits per heavy atom. The Bertz CT molecular complexity index is 885. The zero-order valence-electron chi connectivity index (χ0n) is 10.6. The predicted molar refractivity (Wildman–Crippen MR) is 83.9 cm³/mol. The molecule has 21 heavy (non-hydrogen) atoms. The number of hydrogen-bond acceptors (Lipinski definition) is 2. The molecule has 0 radical (unpaired) electrons. The molecular formula is C14H9Cl3N2O2. The summed E-state index contributed by atoms with van der Waals surface area (Å²) >= 11 is 18.2. The van der Waals surface area contributed by atoms with Gasteiger partial charge in [0.05, 0.1) is 16.6 Å². The van der Waals surface area contributed by atoms with Crippen molar-refractivity contribution in [1.82, 2.24) is 9.20 Å². The van der Waals surface area contributed by atoms with Crippen LogP contribution in [0.2, 0.25) is 15.2 Å². The minimum atomic E-state index is -0.408. The lowest BCUT2D eigenvalue weighted by Crippen LogP contribution is -2.25. The summed E-state index contributed by atoms with van der Waals surface area (Å²) in [6.45, 7) is 0.275. The lowest BCUT2D eigenvalue weighted by molar-refractivity contribution is 0.467. The summed E-state index contributed by atoms with van der Waals surface area (Å²) in [6, 6.07) is 10.5.